The van der Waals surface area contributed by atoms with Gasteiger partial charge in [-0.3, -0.25) is 0 Å². The summed E-state index contributed by atoms with van der Waals surface area (Å²) in [4.78, 5) is 9.10. The van der Waals surface area contributed by atoms with Gasteiger partial charge in [-0.15, -0.1) is 0 Å². The Morgan fingerprint density at radius 1 is 1.37 bits per heavy atom. The molecule has 2 aliphatic rings. The summed E-state index contributed by atoms with van der Waals surface area (Å²) in [6, 6.07) is 2.18. The second kappa shape index (κ2) is 8.93. The van der Waals surface area contributed by atoms with Gasteiger partial charge in [0.25, 0.3) is 0 Å². The summed E-state index contributed by atoms with van der Waals surface area (Å²) in [6.07, 6.45) is 12.5. The number of aromatic nitrogens is 2. The number of rotatable bonds is 9. The highest BCUT2D eigenvalue weighted by atomic mass is 16.3. The molecule has 0 unspecified atom stereocenters. The summed E-state index contributed by atoms with van der Waals surface area (Å²) in [5.41, 5.74) is 8.88. The molecule has 2 aliphatic carbocycles. The SMILES string of the molecule is CCC/C(CC1CC1)=C(\C=N)c1ccnc(NC2CCC(N)(CO)CC2)n1. The van der Waals surface area contributed by atoms with Gasteiger partial charge in [0, 0.05) is 29.6 Å². The molecule has 1 heterocycles. The Hall–Kier alpha value is -1.79. The molecule has 0 bridgehead atoms. The van der Waals surface area contributed by atoms with E-state index in [1.165, 1.54) is 24.6 Å². The van der Waals surface area contributed by atoms with Crippen LogP contribution in [0.5, 0.6) is 0 Å². The van der Waals surface area contributed by atoms with E-state index in [1.54, 1.807) is 6.20 Å². The van der Waals surface area contributed by atoms with Gasteiger partial charge in [0.15, 0.2) is 0 Å². The summed E-state index contributed by atoms with van der Waals surface area (Å²) in [5.74, 6) is 1.42. The number of nitrogens with zero attached hydrogens (tertiary/aromatic N) is 2. The van der Waals surface area contributed by atoms with Crippen LogP contribution in [-0.2, 0) is 0 Å². The van der Waals surface area contributed by atoms with Crippen molar-refractivity contribution in [3.63, 3.8) is 0 Å². The second-order valence-electron chi connectivity index (χ2n) is 8.26. The van der Waals surface area contributed by atoms with Crippen LogP contribution in [0.25, 0.3) is 5.57 Å². The lowest BCUT2D eigenvalue weighted by Crippen LogP contribution is -2.48. The average molecular weight is 372 g/mol. The molecule has 2 saturated carbocycles. The van der Waals surface area contributed by atoms with Gasteiger partial charge in [0.05, 0.1) is 12.3 Å². The van der Waals surface area contributed by atoms with Gasteiger partial charge in [-0.2, -0.15) is 0 Å². The van der Waals surface area contributed by atoms with Crippen molar-refractivity contribution in [3.05, 3.63) is 23.5 Å². The topological polar surface area (TPSA) is 108 Å². The van der Waals surface area contributed by atoms with E-state index < -0.39 is 5.54 Å². The van der Waals surface area contributed by atoms with E-state index in [0.717, 1.165) is 62.1 Å². The molecule has 1 aromatic rings. The molecule has 2 fully saturated rings. The molecule has 0 amide bonds. The predicted octanol–water partition coefficient (Wildman–Crippen LogP) is 3.52. The van der Waals surface area contributed by atoms with Crippen LogP contribution in [0.1, 0.15) is 70.4 Å². The first kappa shape index (κ1) is 20.0. The first-order valence-electron chi connectivity index (χ1n) is 10.3. The molecule has 0 saturated heterocycles. The van der Waals surface area contributed by atoms with E-state index in [9.17, 15) is 5.11 Å². The Labute approximate surface area is 162 Å². The molecular formula is C21H33N5O. The molecule has 0 radical (unpaired) electrons. The summed E-state index contributed by atoms with van der Waals surface area (Å²) in [7, 11) is 0. The van der Waals surface area contributed by atoms with E-state index in [2.05, 4.69) is 17.2 Å². The molecule has 27 heavy (non-hydrogen) atoms. The molecule has 5 N–H and O–H groups in total. The normalized spacial score (nSPS) is 26.4. The highest BCUT2D eigenvalue weighted by Gasteiger charge is 2.31. The largest absolute Gasteiger partial charge is 0.394 e. The van der Waals surface area contributed by atoms with E-state index in [4.69, 9.17) is 16.1 Å². The molecule has 3 rings (SSSR count). The number of anilines is 1. The lowest BCUT2D eigenvalue weighted by molar-refractivity contribution is 0.152. The van der Waals surface area contributed by atoms with Gasteiger partial charge in [-0.1, -0.05) is 18.9 Å². The third kappa shape index (κ3) is 5.36. The fraction of sp³-hybridized carbons (Fsp3) is 0.667. The number of nitrogens with one attached hydrogen (secondary N) is 2. The van der Waals surface area contributed by atoms with Crippen LogP contribution in [0.2, 0.25) is 0 Å². The summed E-state index contributed by atoms with van der Waals surface area (Å²) < 4.78 is 0. The quantitative estimate of drug-likeness (QED) is 0.497. The highest BCUT2D eigenvalue weighted by molar-refractivity contribution is 6.08. The van der Waals surface area contributed by atoms with E-state index in [-0.39, 0.29) is 12.6 Å². The molecule has 1 aromatic heterocycles. The molecule has 0 spiro atoms. The fourth-order valence-electron chi connectivity index (χ4n) is 3.93. The van der Waals surface area contributed by atoms with Crippen molar-refractivity contribution >= 4 is 17.7 Å². The second-order valence-corrected chi connectivity index (χ2v) is 8.26. The fourth-order valence-corrected chi connectivity index (χ4v) is 3.93. The Bertz CT molecular complexity index is 675. The van der Waals surface area contributed by atoms with Gasteiger partial charge in [0.1, 0.15) is 0 Å². The van der Waals surface area contributed by atoms with E-state index >= 15 is 0 Å². The molecular weight excluding hydrogens is 338 g/mol. The van der Waals surface area contributed by atoms with Gasteiger partial charge < -0.3 is 21.6 Å². The molecule has 148 valence electrons. The van der Waals surface area contributed by atoms with Crippen LogP contribution < -0.4 is 11.1 Å². The zero-order valence-corrected chi connectivity index (χ0v) is 16.4. The Balaban J connectivity index is 1.73. The number of aliphatic hydroxyl groups excluding tert-OH is 1. The van der Waals surface area contributed by atoms with Crippen LogP contribution >= 0.6 is 0 Å². The van der Waals surface area contributed by atoms with Crippen LogP contribution in [0.4, 0.5) is 5.95 Å². The summed E-state index contributed by atoms with van der Waals surface area (Å²) in [6.45, 7) is 2.23. The van der Waals surface area contributed by atoms with Gasteiger partial charge in [-0.25, -0.2) is 9.97 Å². The van der Waals surface area contributed by atoms with Crippen LogP contribution in [0, 0.1) is 11.3 Å². The van der Waals surface area contributed by atoms with Crippen molar-refractivity contribution in [1.82, 2.24) is 9.97 Å². The molecule has 0 atom stereocenters. The lowest BCUT2D eigenvalue weighted by atomic mass is 9.81. The maximum absolute atomic E-state index is 9.42. The first-order valence-corrected chi connectivity index (χ1v) is 10.3. The Kier molecular flexibility index (Phi) is 6.60. The smallest absolute Gasteiger partial charge is 0.223 e. The van der Waals surface area contributed by atoms with Gasteiger partial charge >= 0.3 is 0 Å². The zero-order chi connectivity index (χ0) is 19.3. The maximum atomic E-state index is 9.42. The van der Waals surface area contributed by atoms with Crippen LogP contribution in [-0.4, -0.2) is 39.5 Å². The molecule has 0 aliphatic heterocycles. The number of nitrogens with two attached hydrogens (primary N) is 1. The van der Waals surface area contributed by atoms with Crippen LogP contribution in [0.3, 0.4) is 0 Å². The van der Waals surface area contributed by atoms with E-state index in [1.807, 2.05) is 6.07 Å². The van der Waals surface area contributed by atoms with E-state index in [0.29, 0.717) is 5.95 Å². The minimum absolute atomic E-state index is 0.0421. The Morgan fingerprint density at radius 2 is 2.11 bits per heavy atom. The maximum Gasteiger partial charge on any atom is 0.223 e. The van der Waals surface area contributed by atoms with Crippen molar-refractivity contribution in [2.45, 2.75) is 76.3 Å². The minimum atomic E-state index is -0.436. The summed E-state index contributed by atoms with van der Waals surface area (Å²) in [5, 5.41) is 20.8. The third-order valence-electron chi connectivity index (χ3n) is 5.87. The lowest BCUT2D eigenvalue weighted by Gasteiger charge is -2.35. The summed E-state index contributed by atoms with van der Waals surface area (Å²) >= 11 is 0. The van der Waals surface area contributed by atoms with Crippen molar-refractivity contribution in [3.8, 4) is 0 Å². The van der Waals surface area contributed by atoms with Crippen molar-refractivity contribution < 1.29 is 5.11 Å². The van der Waals surface area contributed by atoms with Gasteiger partial charge in [-0.05, 0) is 63.4 Å². The van der Waals surface area contributed by atoms with Crippen LogP contribution in [0.15, 0.2) is 17.8 Å². The molecule has 0 aromatic carbocycles. The van der Waals surface area contributed by atoms with Crippen molar-refractivity contribution in [2.24, 2.45) is 11.7 Å². The number of allylic oxidation sites excluding steroid dienone is 2. The third-order valence-corrected chi connectivity index (χ3v) is 5.87. The average Bonchev–Trinajstić information content (AvgIpc) is 3.49. The number of aliphatic hydroxyl groups is 1. The molecule has 6 heteroatoms. The molecule has 6 nitrogen and oxygen atoms in total. The number of hydrogen-bond donors (Lipinski definition) is 4. The van der Waals surface area contributed by atoms with Gasteiger partial charge in [0.2, 0.25) is 5.95 Å². The number of hydrogen-bond acceptors (Lipinski definition) is 6. The van der Waals surface area contributed by atoms with Crippen molar-refractivity contribution in [2.75, 3.05) is 11.9 Å². The monoisotopic (exact) mass is 371 g/mol. The minimum Gasteiger partial charge on any atom is -0.394 e. The predicted molar refractivity (Wildman–Crippen MR) is 110 cm³/mol. The standard InChI is InChI=1S/C21H33N5O/c1-2-3-16(12-15-4-5-15)18(13-22)19-8-11-24-20(26-19)25-17-6-9-21(23,14-27)10-7-17/h8,11,13,15,17,22,27H,2-7,9-10,12,14,23H2,1H3,(H,24,25,26)/b18-16-,22-13?. The highest BCUT2D eigenvalue weighted by Crippen LogP contribution is 2.38. The van der Waals surface area contributed by atoms with Crippen molar-refractivity contribution in [1.29, 1.82) is 5.41 Å². The zero-order valence-electron chi connectivity index (χ0n) is 16.4. The first-order chi connectivity index (χ1) is 13.1. The Morgan fingerprint density at radius 3 is 2.70 bits per heavy atom.